The first-order chi connectivity index (χ1) is 17.5. The van der Waals surface area contributed by atoms with Crippen molar-refractivity contribution in [3.8, 4) is 11.4 Å². The SMILES string of the molecule is CCCN(C(=O)Nc1cccc(C)c1)C(CC)c1nc2ccccc2c(=O)n1-c1ccc(OC)cc1. The average molecular weight is 485 g/mol. The molecule has 0 radical (unpaired) electrons. The molecule has 0 saturated carbocycles. The lowest BCUT2D eigenvalue weighted by atomic mass is 10.1. The zero-order valence-electron chi connectivity index (χ0n) is 21.2. The molecule has 1 N–H and O–H groups in total. The molecule has 0 aliphatic rings. The van der Waals surface area contributed by atoms with E-state index in [2.05, 4.69) is 5.32 Å². The maximum atomic E-state index is 13.8. The Hall–Kier alpha value is -4.13. The highest BCUT2D eigenvalue weighted by Gasteiger charge is 2.29. The van der Waals surface area contributed by atoms with Gasteiger partial charge < -0.3 is 15.0 Å². The summed E-state index contributed by atoms with van der Waals surface area (Å²) in [5.41, 5.74) is 2.90. The number of anilines is 1. The van der Waals surface area contributed by atoms with Crippen molar-refractivity contribution in [2.75, 3.05) is 19.0 Å². The molecule has 1 heterocycles. The number of nitrogens with one attached hydrogen (secondary N) is 1. The Kier molecular flexibility index (Phi) is 7.68. The summed E-state index contributed by atoms with van der Waals surface area (Å²) in [5.74, 6) is 1.22. The van der Waals surface area contributed by atoms with Gasteiger partial charge in [0.15, 0.2) is 0 Å². The van der Waals surface area contributed by atoms with Crippen LogP contribution in [0.25, 0.3) is 16.6 Å². The van der Waals surface area contributed by atoms with E-state index in [1.165, 1.54) is 0 Å². The number of urea groups is 1. The van der Waals surface area contributed by atoms with Crippen molar-refractivity contribution in [3.63, 3.8) is 0 Å². The fraction of sp³-hybridized carbons (Fsp3) is 0.276. The molecule has 0 saturated heterocycles. The van der Waals surface area contributed by atoms with Crippen LogP contribution in [0, 0.1) is 6.92 Å². The van der Waals surface area contributed by atoms with Crippen LogP contribution in [0.4, 0.5) is 10.5 Å². The number of ether oxygens (including phenoxy) is 1. The second-order valence-electron chi connectivity index (χ2n) is 8.74. The van der Waals surface area contributed by atoms with Crippen LogP contribution in [-0.2, 0) is 0 Å². The molecule has 186 valence electrons. The number of carbonyl (C=O) groups is 1. The molecule has 7 heteroatoms. The first-order valence-corrected chi connectivity index (χ1v) is 12.3. The summed E-state index contributed by atoms with van der Waals surface area (Å²) < 4.78 is 6.93. The molecule has 2 amide bonds. The highest BCUT2D eigenvalue weighted by molar-refractivity contribution is 5.89. The third kappa shape index (κ3) is 5.10. The minimum Gasteiger partial charge on any atom is -0.497 e. The van der Waals surface area contributed by atoms with E-state index in [-0.39, 0.29) is 11.6 Å². The lowest BCUT2D eigenvalue weighted by Crippen LogP contribution is -2.41. The quantitative estimate of drug-likeness (QED) is 0.328. The van der Waals surface area contributed by atoms with Crippen molar-refractivity contribution in [1.29, 1.82) is 0 Å². The fourth-order valence-corrected chi connectivity index (χ4v) is 4.45. The predicted molar refractivity (Wildman–Crippen MR) is 144 cm³/mol. The topological polar surface area (TPSA) is 76.5 Å². The highest BCUT2D eigenvalue weighted by atomic mass is 16.5. The average Bonchev–Trinajstić information content (AvgIpc) is 2.89. The minimum atomic E-state index is -0.422. The monoisotopic (exact) mass is 484 g/mol. The molecule has 0 fully saturated rings. The number of nitrogens with zero attached hydrogens (tertiary/aromatic N) is 3. The Morgan fingerprint density at radius 3 is 2.47 bits per heavy atom. The molecule has 1 atom stereocenters. The van der Waals surface area contributed by atoms with Crippen LogP contribution >= 0.6 is 0 Å². The summed E-state index contributed by atoms with van der Waals surface area (Å²) in [6.45, 7) is 6.54. The molecule has 1 aromatic heterocycles. The van der Waals surface area contributed by atoms with E-state index in [0.717, 1.165) is 17.7 Å². The number of aryl methyl sites for hydroxylation is 1. The maximum absolute atomic E-state index is 13.8. The van der Waals surface area contributed by atoms with E-state index < -0.39 is 6.04 Å². The van der Waals surface area contributed by atoms with Gasteiger partial charge in [-0.25, -0.2) is 9.78 Å². The number of hydrogen-bond acceptors (Lipinski definition) is 4. The number of fused-ring (bicyclic) bond motifs is 1. The molecule has 0 spiro atoms. The van der Waals surface area contributed by atoms with Gasteiger partial charge in [0.05, 0.1) is 29.7 Å². The summed E-state index contributed by atoms with van der Waals surface area (Å²) in [6.07, 6.45) is 1.35. The molecule has 4 aromatic rings. The number of rotatable bonds is 8. The number of hydrogen-bond donors (Lipinski definition) is 1. The van der Waals surface area contributed by atoms with Gasteiger partial charge in [0, 0.05) is 12.2 Å². The zero-order chi connectivity index (χ0) is 25.7. The smallest absolute Gasteiger partial charge is 0.322 e. The van der Waals surface area contributed by atoms with Crippen molar-refractivity contribution in [2.24, 2.45) is 0 Å². The van der Waals surface area contributed by atoms with Gasteiger partial charge in [-0.05, 0) is 73.9 Å². The van der Waals surface area contributed by atoms with Crippen molar-refractivity contribution in [3.05, 3.63) is 94.5 Å². The van der Waals surface area contributed by atoms with E-state index >= 15 is 0 Å². The van der Waals surface area contributed by atoms with Gasteiger partial charge in [0.25, 0.3) is 5.56 Å². The van der Waals surface area contributed by atoms with Gasteiger partial charge in [0.2, 0.25) is 0 Å². The lowest BCUT2D eigenvalue weighted by molar-refractivity contribution is 0.181. The Balaban J connectivity index is 1.86. The summed E-state index contributed by atoms with van der Waals surface area (Å²) in [5, 5.41) is 3.56. The van der Waals surface area contributed by atoms with Crippen molar-refractivity contribution in [2.45, 2.75) is 39.7 Å². The fourth-order valence-electron chi connectivity index (χ4n) is 4.45. The van der Waals surface area contributed by atoms with Gasteiger partial charge in [-0.1, -0.05) is 38.1 Å². The Labute approximate surface area is 211 Å². The minimum absolute atomic E-state index is 0.172. The van der Waals surface area contributed by atoms with E-state index in [9.17, 15) is 9.59 Å². The maximum Gasteiger partial charge on any atom is 0.322 e. The van der Waals surface area contributed by atoms with Crippen LogP contribution in [0.1, 0.15) is 44.1 Å². The Morgan fingerprint density at radius 2 is 1.81 bits per heavy atom. The lowest BCUT2D eigenvalue weighted by Gasteiger charge is -2.32. The van der Waals surface area contributed by atoms with E-state index in [0.29, 0.717) is 41.1 Å². The third-order valence-electron chi connectivity index (χ3n) is 6.19. The molecular formula is C29H32N4O3. The van der Waals surface area contributed by atoms with E-state index in [1.807, 2.05) is 87.5 Å². The van der Waals surface area contributed by atoms with E-state index in [4.69, 9.17) is 9.72 Å². The molecule has 0 aliphatic heterocycles. The summed E-state index contributed by atoms with van der Waals surface area (Å²) >= 11 is 0. The summed E-state index contributed by atoms with van der Waals surface area (Å²) in [6, 6.07) is 21.7. The Morgan fingerprint density at radius 1 is 1.06 bits per heavy atom. The highest BCUT2D eigenvalue weighted by Crippen LogP contribution is 2.27. The molecule has 0 bridgehead atoms. The summed E-state index contributed by atoms with van der Waals surface area (Å²) in [4.78, 5) is 34.0. The van der Waals surface area contributed by atoms with Crippen LogP contribution in [0.2, 0.25) is 0 Å². The van der Waals surface area contributed by atoms with E-state index in [1.54, 1.807) is 22.6 Å². The van der Waals surface area contributed by atoms with Crippen molar-refractivity contribution >= 4 is 22.6 Å². The largest absolute Gasteiger partial charge is 0.497 e. The standard InChI is InChI=1S/C29H32N4O3/c1-5-18-32(29(35)30-21-11-9-10-20(3)19-21)26(6-2)27-31-25-13-8-7-12-24(25)28(34)33(27)22-14-16-23(36-4)17-15-22/h7-17,19,26H,5-6,18H2,1-4H3,(H,30,35). The van der Waals surface area contributed by atoms with Crippen LogP contribution < -0.4 is 15.6 Å². The molecule has 36 heavy (non-hydrogen) atoms. The molecule has 3 aromatic carbocycles. The van der Waals surface area contributed by atoms with Crippen molar-refractivity contribution < 1.29 is 9.53 Å². The summed E-state index contributed by atoms with van der Waals surface area (Å²) in [7, 11) is 1.60. The number of aromatic nitrogens is 2. The van der Waals surface area contributed by atoms with Crippen LogP contribution in [-0.4, -0.2) is 34.1 Å². The van der Waals surface area contributed by atoms with Gasteiger partial charge >= 0.3 is 6.03 Å². The normalized spacial score (nSPS) is 11.8. The first-order valence-electron chi connectivity index (χ1n) is 12.3. The number of benzene rings is 3. The third-order valence-corrected chi connectivity index (χ3v) is 6.19. The van der Waals surface area contributed by atoms with Crippen LogP contribution in [0.3, 0.4) is 0 Å². The molecule has 1 unspecified atom stereocenters. The van der Waals surface area contributed by atoms with Crippen molar-refractivity contribution in [1.82, 2.24) is 14.5 Å². The number of amides is 2. The Bertz CT molecular complexity index is 1410. The van der Waals surface area contributed by atoms with Crippen LogP contribution in [0.5, 0.6) is 5.75 Å². The first kappa shape index (κ1) is 25.0. The van der Waals surface area contributed by atoms with Gasteiger partial charge in [0.1, 0.15) is 11.6 Å². The molecule has 7 nitrogen and oxygen atoms in total. The predicted octanol–water partition coefficient (Wildman–Crippen LogP) is 6.10. The molecule has 4 rings (SSSR count). The second kappa shape index (κ2) is 11.1. The number of para-hydroxylation sites is 1. The van der Waals surface area contributed by atoms with Gasteiger partial charge in [-0.3, -0.25) is 9.36 Å². The van der Waals surface area contributed by atoms with Gasteiger partial charge in [-0.2, -0.15) is 0 Å². The van der Waals surface area contributed by atoms with Crippen LogP contribution in [0.15, 0.2) is 77.6 Å². The number of carbonyl (C=O) groups excluding carboxylic acids is 1. The zero-order valence-corrected chi connectivity index (χ0v) is 21.2. The number of methoxy groups -OCH3 is 1. The molecular weight excluding hydrogens is 452 g/mol. The second-order valence-corrected chi connectivity index (χ2v) is 8.74. The van der Waals surface area contributed by atoms with Gasteiger partial charge in [-0.15, -0.1) is 0 Å². The molecule has 0 aliphatic carbocycles.